The van der Waals surface area contributed by atoms with Crippen LogP contribution in [-0.2, 0) is 16.0 Å². The second-order valence-electron chi connectivity index (χ2n) is 6.39. The first-order chi connectivity index (χ1) is 11.3. The fourth-order valence-electron chi connectivity index (χ4n) is 2.76. The number of aryl methyl sites for hydroxylation is 1. The van der Waals surface area contributed by atoms with E-state index in [0.29, 0.717) is 13.0 Å². The molecule has 0 aliphatic heterocycles. The molecule has 1 aromatic carbocycles. The molecule has 23 heavy (non-hydrogen) atoms. The van der Waals surface area contributed by atoms with Crippen LogP contribution in [0.4, 0.5) is 0 Å². The second-order valence-corrected chi connectivity index (χ2v) is 6.39. The van der Waals surface area contributed by atoms with Gasteiger partial charge >= 0.3 is 5.97 Å². The van der Waals surface area contributed by atoms with E-state index < -0.39 is 0 Å². The standard InChI is InChI=1S/C21H34O2/c1-2-3-4-5-6-7-8-9-13-18-21(22)23-19-14-17-20-15-11-10-12-16-20/h10-12,15-16H,2-9,13-14,17-19H2,1H3. The van der Waals surface area contributed by atoms with Crippen LogP contribution in [0.15, 0.2) is 30.3 Å². The lowest BCUT2D eigenvalue weighted by Gasteiger charge is -2.05. The maximum absolute atomic E-state index is 11.6. The highest BCUT2D eigenvalue weighted by molar-refractivity contribution is 5.69. The van der Waals surface area contributed by atoms with E-state index in [1.165, 1.54) is 50.5 Å². The van der Waals surface area contributed by atoms with E-state index >= 15 is 0 Å². The van der Waals surface area contributed by atoms with E-state index in [-0.39, 0.29) is 5.97 Å². The molecule has 2 heteroatoms. The predicted octanol–water partition coefficient (Wildman–Crippen LogP) is 6.08. The Labute approximate surface area is 142 Å². The Balaban J connectivity index is 1.85. The van der Waals surface area contributed by atoms with E-state index in [4.69, 9.17) is 4.74 Å². The SMILES string of the molecule is CCCCCCCCCCCC(=O)OCCCc1ccccc1. The molecule has 0 amide bonds. The summed E-state index contributed by atoms with van der Waals surface area (Å²) in [5, 5.41) is 0. The molecule has 0 heterocycles. The third-order valence-electron chi connectivity index (χ3n) is 4.20. The van der Waals surface area contributed by atoms with Gasteiger partial charge in [0.2, 0.25) is 0 Å². The van der Waals surface area contributed by atoms with Crippen molar-refractivity contribution in [2.24, 2.45) is 0 Å². The number of esters is 1. The van der Waals surface area contributed by atoms with E-state index in [9.17, 15) is 4.79 Å². The molecule has 1 rings (SSSR count). The molecule has 0 spiro atoms. The molecule has 0 atom stereocenters. The molecule has 0 unspecified atom stereocenters. The van der Waals surface area contributed by atoms with Gasteiger partial charge in [0.25, 0.3) is 0 Å². The molecule has 0 fully saturated rings. The van der Waals surface area contributed by atoms with Gasteiger partial charge in [-0.1, -0.05) is 88.6 Å². The van der Waals surface area contributed by atoms with E-state index in [1.54, 1.807) is 0 Å². The molecule has 2 nitrogen and oxygen atoms in total. The summed E-state index contributed by atoms with van der Waals surface area (Å²) < 4.78 is 5.30. The molecular weight excluding hydrogens is 284 g/mol. The van der Waals surface area contributed by atoms with Crippen molar-refractivity contribution in [1.82, 2.24) is 0 Å². The molecule has 0 aromatic heterocycles. The van der Waals surface area contributed by atoms with Crippen molar-refractivity contribution in [2.75, 3.05) is 6.61 Å². The number of ether oxygens (including phenoxy) is 1. The van der Waals surface area contributed by atoms with Crippen molar-refractivity contribution in [1.29, 1.82) is 0 Å². The van der Waals surface area contributed by atoms with Gasteiger partial charge < -0.3 is 4.74 Å². The topological polar surface area (TPSA) is 26.3 Å². The Kier molecular flexibility index (Phi) is 12.3. The largest absolute Gasteiger partial charge is 0.466 e. The first kappa shape index (κ1) is 19.7. The minimum Gasteiger partial charge on any atom is -0.466 e. The highest BCUT2D eigenvalue weighted by atomic mass is 16.5. The summed E-state index contributed by atoms with van der Waals surface area (Å²) in [5.41, 5.74) is 1.31. The van der Waals surface area contributed by atoms with Crippen molar-refractivity contribution in [2.45, 2.75) is 84.0 Å². The van der Waals surface area contributed by atoms with Gasteiger partial charge in [-0.15, -0.1) is 0 Å². The van der Waals surface area contributed by atoms with Gasteiger partial charge in [0.05, 0.1) is 6.61 Å². The lowest BCUT2D eigenvalue weighted by atomic mass is 10.1. The zero-order valence-corrected chi connectivity index (χ0v) is 14.9. The normalized spacial score (nSPS) is 10.7. The van der Waals surface area contributed by atoms with E-state index in [0.717, 1.165) is 25.7 Å². The maximum atomic E-state index is 11.6. The minimum absolute atomic E-state index is 0.0268. The molecule has 0 saturated heterocycles. The molecule has 0 aliphatic rings. The number of carbonyl (C=O) groups excluding carboxylic acids is 1. The molecule has 0 N–H and O–H groups in total. The molecule has 130 valence electrons. The highest BCUT2D eigenvalue weighted by Crippen LogP contribution is 2.11. The van der Waals surface area contributed by atoms with Crippen LogP contribution in [0.3, 0.4) is 0 Å². The van der Waals surface area contributed by atoms with Crippen LogP contribution in [0.1, 0.15) is 83.1 Å². The predicted molar refractivity (Wildman–Crippen MR) is 97.6 cm³/mol. The van der Waals surface area contributed by atoms with Crippen LogP contribution >= 0.6 is 0 Å². The molecule has 0 radical (unpaired) electrons. The molecule has 0 saturated carbocycles. The van der Waals surface area contributed by atoms with Gasteiger partial charge in [0.1, 0.15) is 0 Å². The molecule has 0 bridgehead atoms. The van der Waals surface area contributed by atoms with Crippen LogP contribution in [0.5, 0.6) is 0 Å². The summed E-state index contributed by atoms with van der Waals surface area (Å²) in [7, 11) is 0. The van der Waals surface area contributed by atoms with Crippen LogP contribution in [0, 0.1) is 0 Å². The van der Waals surface area contributed by atoms with Crippen molar-refractivity contribution in [3.8, 4) is 0 Å². The Hall–Kier alpha value is -1.31. The summed E-state index contributed by atoms with van der Waals surface area (Å²) in [5.74, 6) is -0.0268. The Morgan fingerprint density at radius 1 is 0.826 bits per heavy atom. The van der Waals surface area contributed by atoms with Crippen molar-refractivity contribution < 1.29 is 9.53 Å². The number of rotatable bonds is 14. The van der Waals surface area contributed by atoms with Gasteiger partial charge in [0, 0.05) is 6.42 Å². The maximum Gasteiger partial charge on any atom is 0.305 e. The second kappa shape index (κ2) is 14.3. The molecule has 1 aromatic rings. The summed E-state index contributed by atoms with van der Waals surface area (Å²) in [4.78, 5) is 11.6. The lowest BCUT2D eigenvalue weighted by molar-refractivity contribution is -0.143. The zero-order chi connectivity index (χ0) is 16.6. The third kappa shape index (κ3) is 11.9. The average molecular weight is 319 g/mol. The van der Waals surface area contributed by atoms with E-state index in [1.807, 2.05) is 18.2 Å². The van der Waals surface area contributed by atoms with Gasteiger partial charge in [-0.25, -0.2) is 0 Å². The molecular formula is C21H34O2. The first-order valence-corrected chi connectivity index (χ1v) is 9.52. The van der Waals surface area contributed by atoms with Crippen molar-refractivity contribution >= 4 is 5.97 Å². The fourth-order valence-corrected chi connectivity index (χ4v) is 2.76. The van der Waals surface area contributed by atoms with Gasteiger partial charge in [-0.2, -0.15) is 0 Å². The van der Waals surface area contributed by atoms with Crippen LogP contribution in [0.25, 0.3) is 0 Å². The fraction of sp³-hybridized carbons (Fsp3) is 0.667. The highest BCUT2D eigenvalue weighted by Gasteiger charge is 2.02. The lowest BCUT2D eigenvalue weighted by Crippen LogP contribution is -2.06. The van der Waals surface area contributed by atoms with Crippen molar-refractivity contribution in [3.05, 3.63) is 35.9 Å². The summed E-state index contributed by atoms with van der Waals surface area (Å²) in [6.45, 7) is 2.80. The number of hydrogen-bond acceptors (Lipinski definition) is 2. The average Bonchev–Trinajstić information content (AvgIpc) is 2.58. The number of carbonyl (C=O) groups is 1. The summed E-state index contributed by atoms with van der Waals surface area (Å²) in [6.07, 6.45) is 14.0. The monoisotopic (exact) mass is 318 g/mol. The smallest absolute Gasteiger partial charge is 0.305 e. The van der Waals surface area contributed by atoms with Crippen molar-refractivity contribution in [3.63, 3.8) is 0 Å². The first-order valence-electron chi connectivity index (χ1n) is 9.52. The third-order valence-corrected chi connectivity index (χ3v) is 4.20. The Bertz CT molecular complexity index is 386. The van der Waals surface area contributed by atoms with E-state index in [2.05, 4.69) is 19.1 Å². The summed E-state index contributed by atoms with van der Waals surface area (Å²) in [6, 6.07) is 10.3. The van der Waals surface area contributed by atoms with Crippen LogP contribution < -0.4 is 0 Å². The number of unbranched alkanes of at least 4 members (excludes halogenated alkanes) is 8. The number of hydrogen-bond donors (Lipinski definition) is 0. The number of benzene rings is 1. The van der Waals surface area contributed by atoms with Gasteiger partial charge in [-0.05, 0) is 24.8 Å². The Morgan fingerprint density at radius 3 is 2.09 bits per heavy atom. The quantitative estimate of drug-likeness (QED) is 0.307. The van der Waals surface area contributed by atoms with Gasteiger partial charge in [0.15, 0.2) is 0 Å². The zero-order valence-electron chi connectivity index (χ0n) is 14.9. The Morgan fingerprint density at radius 2 is 1.43 bits per heavy atom. The van der Waals surface area contributed by atoms with Crippen LogP contribution in [-0.4, -0.2) is 12.6 Å². The van der Waals surface area contributed by atoms with Crippen LogP contribution in [0.2, 0.25) is 0 Å². The van der Waals surface area contributed by atoms with Gasteiger partial charge in [-0.3, -0.25) is 4.79 Å². The minimum atomic E-state index is -0.0268. The summed E-state index contributed by atoms with van der Waals surface area (Å²) >= 11 is 0. The molecule has 0 aliphatic carbocycles.